The van der Waals surface area contributed by atoms with Gasteiger partial charge >= 0.3 is 0 Å². The molecule has 0 radical (unpaired) electrons. The number of benzene rings is 1. The lowest BCUT2D eigenvalue weighted by Gasteiger charge is -2.06. The van der Waals surface area contributed by atoms with Crippen molar-refractivity contribution in [2.45, 2.75) is 14.8 Å². The van der Waals surface area contributed by atoms with Crippen LogP contribution in [0.15, 0.2) is 55.8 Å². The van der Waals surface area contributed by atoms with Crippen molar-refractivity contribution in [2.75, 3.05) is 5.73 Å². The molecule has 2 rings (SSSR count). The number of nitrogens with zero attached hydrogens (tertiary/aromatic N) is 1. The van der Waals surface area contributed by atoms with Gasteiger partial charge < -0.3 is 5.73 Å². The summed E-state index contributed by atoms with van der Waals surface area (Å²) in [6.07, 6.45) is 1.68. The van der Waals surface area contributed by atoms with Gasteiger partial charge in [0.05, 0.1) is 5.69 Å². The molecule has 0 unspecified atom stereocenters. The van der Waals surface area contributed by atoms with Crippen LogP contribution in [-0.4, -0.2) is 13.4 Å². The lowest BCUT2D eigenvalue weighted by atomic mass is 10.3. The van der Waals surface area contributed by atoms with E-state index < -0.39 is 10.0 Å². The van der Waals surface area contributed by atoms with Crippen molar-refractivity contribution in [1.82, 2.24) is 4.98 Å². The molecule has 0 saturated carbocycles. The first kappa shape index (κ1) is 14.3. The van der Waals surface area contributed by atoms with Gasteiger partial charge in [-0.05, 0) is 46.3 Å². The zero-order valence-corrected chi connectivity index (χ0v) is 12.8. The van der Waals surface area contributed by atoms with Gasteiger partial charge in [-0.3, -0.25) is 0 Å². The van der Waals surface area contributed by atoms with E-state index in [1.807, 2.05) is 12.1 Å². The fourth-order valence-electron chi connectivity index (χ4n) is 1.39. The first-order valence-electron chi connectivity index (χ1n) is 5.08. The van der Waals surface area contributed by atoms with E-state index in [-0.39, 0.29) is 10.6 Å². The number of rotatable bonds is 3. The lowest BCUT2D eigenvalue weighted by Crippen LogP contribution is -2.14. The second-order valence-corrected chi connectivity index (χ2v) is 7.20. The van der Waals surface area contributed by atoms with Crippen LogP contribution >= 0.6 is 27.7 Å². The highest BCUT2D eigenvalue weighted by Gasteiger charge is 2.12. The zero-order valence-electron chi connectivity index (χ0n) is 9.58. The average molecular weight is 360 g/mol. The van der Waals surface area contributed by atoms with E-state index in [2.05, 4.69) is 20.9 Å². The van der Waals surface area contributed by atoms with Crippen LogP contribution in [0.2, 0.25) is 0 Å². The minimum absolute atomic E-state index is 0.0689. The van der Waals surface area contributed by atoms with Crippen molar-refractivity contribution in [3.63, 3.8) is 0 Å². The largest absolute Gasteiger partial charge is 0.398 e. The maximum absolute atomic E-state index is 11.2. The highest BCUT2D eigenvalue weighted by Crippen LogP contribution is 2.30. The summed E-state index contributed by atoms with van der Waals surface area (Å²) in [4.78, 5) is 4.93. The molecule has 1 aromatic heterocycles. The molecule has 0 aliphatic heterocycles. The van der Waals surface area contributed by atoms with Crippen molar-refractivity contribution in [3.8, 4) is 0 Å². The van der Waals surface area contributed by atoms with E-state index in [9.17, 15) is 8.42 Å². The minimum atomic E-state index is -3.78. The Morgan fingerprint density at radius 3 is 2.47 bits per heavy atom. The maximum atomic E-state index is 11.2. The molecule has 100 valence electrons. The second kappa shape index (κ2) is 5.49. The number of nitrogen functional groups attached to an aromatic ring is 1. The number of nitrogens with two attached hydrogens (primary N) is 2. The van der Waals surface area contributed by atoms with Gasteiger partial charge in [-0.15, -0.1) is 0 Å². The lowest BCUT2D eigenvalue weighted by molar-refractivity contribution is 0.598. The second-order valence-electron chi connectivity index (χ2n) is 3.66. The van der Waals surface area contributed by atoms with Crippen LogP contribution in [0.1, 0.15) is 0 Å². The smallest absolute Gasteiger partial charge is 0.240 e. The summed E-state index contributed by atoms with van der Waals surface area (Å²) in [5.41, 5.74) is 5.81. The number of aromatic nitrogens is 1. The highest BCUT2D eigenvalue weighted by atomic mass is 79.9. The summed E-state index contributed by atoms with van der Waals surface area (Å²) in [5, 5.41) is 5.83. The van der Waals surface area contributed by atoms with Gasteiger partial charge in [0.1, 0.15) is 9.92 Å². The Morgan fingerprint density at radius 2 is 1.95 bits per heavy atom. The summed E-state index contributed by atoms with van der Waals surface area (Å²) in [5.74, 6) is 0. The van der Waals surface area contributed by atoms with Crippen LogP contribution in [0, 0.1) is 0 Å². The third kappa shape index (κ3) is 3.69. The predicted octanol–water partition coefficient (Wildman–Crippen LogP) is 2.22. The molecule has 0 saturated heterocycles. The van der Waals surface area contributed by atoms with Crippen LogP contribution in [0.5, 0.6) is 0 Å². The van der Waals surface area contributed by atoms with Crippen LogP contribution in [0.4, 0.5) is 5.69 Å². The van der Waals surface area contributed by atoms with Gasteiger partial charge in [0.25, 0.3) is 0 Å². The summed E-state index contributed by atoms with van der Waals surface area (Å²) in [6, 6.07) is 8.32. The Kier molecular flexibility index (Phi) is 4.14. The van der Waals surface area contributed by atoms with Crippen LogP contribution in [-0.2, 0) is 10.0 Å². The number of pyridine rings is 1. The third-order valence-corrected chi connectivity index (χ3v) is 4.60. The minimum Gasteiger partial charge on any atom is -0.398 e. The van der Waals surface area contributed by atoms with Crippen LogP contribution in [0.25, 0.3) is 0 Å². The Balaban J connectivity index is 2.28. The molecule has 1 aromatic carbocycles. The zero-order chi connectivity index (χ0) is 14.0. The Hall–Kier alpha value is -1.09. The number of hydrogen-bond donors (Lipinski definition) is 2. The van der Waals surface area contributed by atoms with Gasteiger partial charge in [0.2, 0.25) is 10.0 Å². The molecule has 1 heterocycles. The van der Waals surface area contributed by atoms with E-state index in [0.29, 0.717) is 0 Å². The van der Waals surface area contributed by atoms with Gasteiger partial charge in [-0.1, -0.05) is 11.8 Å². The summed E-state index contributed by atoms with van der Waals surface area (Å²) < 4.78 is 23.4. The summed E-state index contributed by atoms with van der Waals surface area (Å²) >= 11 is 4.68. The standard InChI is InChI=1S/C11H10BrN3O2S2/c12-7-1-4-11(15-6-7)18-8-2-3-10(9(13)5-8)19(14,16)17/h1-6H,13H2,(H2,14,16,17). The number of sulfonamides is 1. The Labute approximate surface area is 123 Å². The van der Waals surface area contributed by atoms with Crippen LogP contribution in [0.3, 0.4) is 0 Å². The summed E-state index contributed by atoms with van der Waals surface area (Å²) in [7, 11) is -3.78. The molecule has 0 bridgehead atoms. The third-order valence-electron chi connectivity index (χ3n) is 2.21. The van der Waals surface area contributed by atoms with E-state index in [4.69, 9.17) is 10.9 Å². The molecule has 0 aliphatic carbocycles. The van der Waals surface area contributed by atoms with Gasteiger partial charge in [0.15, 0.2) is 0 Å². The van der Waals surface area contributed by atoms with E-state index >= 15 is 0 Å². The number of primary sulfonamides is 1. The first-order chi connectivity index (χ1) is 8.86. The highest BCUT2D eigenvalue weighted by molar-refractivity contribution is 9.10. The Bertz CT molecular complexity index is 702. The van der Waals surface area contributed by atoms with E-state index in [1.54, 1.807) is 18.3 Å². The monoisotopic (exact) mass is 359 g/mol. The SMILES string of the molecule is Nc1cc(Sc2ccc(Br)cn2)ccc1S(N)(=O)=O. The number of anilines is 1. The molecule has 2 aromatic rings. The quantitative estimate of drug-likeness (QED) is 0.818. The number of halogens is 1. The van der Waals surface area contributed by atoms with Gasteiger partial charge in [-0.25, -0.2) is 18.5 Å². The van der Waals surface area contributed by atoms with Crippen LogP contribution < -0.4 is 10.9 Å². The topological polar surface area (TPSA) is 99.1 Å². The molecule has 5 nitrogen and oxygen atoms in total. The normalized spacial score (nSPS) is 11.5. The molecule has 0 aliphatic rings. The predicted molar refractivity (Wildman–Crippen MR) is 78.3 cm³/mol. The molecule has 0 spiro atoms. The summed E-state index contributed by atoms with van der Waals surface area (Å²) in [6.45, 7) is 0. The maximum Gasteiger partial charge on any atom is 0.240 e. The fraction of sp³-hybridized carbons (Fsp3) is 0. The Morgan fingerprint density at radius 1 is 1.21 bits per heavy atom. The molecule has 8 heteroatoms. The molecular formula is C11H10BrN3O2S2. The molecular weight excluding hydrogens is 350 g/mol. The average Bonchev–Trinajstić information content (AvgIpc) is 2.30. The van der Waals surface area contributed by atoms with E-state index in [1.165, 1.54) is 17.8 Å². The molecule has 0 atom stereocenters. The van der Waals surface area contributed by atoms with Crippen molar-refractivity contribution >= 4 is 43.4 Å². The van der Waals surface area contributed by atoms with Crippen molar-refractivity contribution in [1.29, 1.82) is 0 Å². The van der Waals surface area contributed by atoms with Crippen molar-refractivity contribution < 1.29 is 8.42 Å². The number of hydrogen-bond acceptors (Lipinski definition) is 5. The molecule has 19 heavy (non-hydrogen) atoms. The molecule has 0 amide bonds. The van der Waals surface area contributed by atoms with Gasteiger partial charge in [-0.2, -0.15) is 0 Å². The molecule has 0 fully saturated rings. The first-order valence-corrected chi connectivity index (χ1v) is 8.23. The van der Waals surface area contributed by atoms with Gasteiger partial charge in [0, 0.05) is 15.6 Å². The van der Waals surface area contributed by atoms with E-state index in [0.717, 1.165) is 14.4 Å². The fourth-order valence-corrected chi connectivity index (χ4v) is 3.08. The van der Waals surface area contributed by atoms with Crippen molar-refractivity contribution in [3.05, 3.63) is 41.0 Å². The molecule has 4 N–H and O–H groups in total. The van der Waals surface area contributed by atoms with Crippen molar-refractivity contribution in [2.24, 2.45) is 5.14 Å².